The van der Waals surface area contributed by atoms with Crippen LogP contribution < -0.4 is 5.32 Å². The number of alkyl halides is 3. The maximum atomic E-state index is 12.9. The van der Waals surface area contributed by atoms with Gasteiger partial charge in [-0.05, 0) is 37.6 Å². The zero-order valence-electron chi connectivity index (χ0n) is 13.3. The molecule has 0 radical (unpaired) electrons. The molecule has 2 rings (SSSR count). The van der Waals surface area contributed by atoms with Gasteiger partial charge < -0.3 is 9.73 Å². The van der Waals surface area contributed by atoms with Gasteiger partial charge in [-0.25, -0.2) is 4.98 Å². The Hall–Kier alpha value is -2.47. The lowest BCUT2D eigenvalue weighted by molar-refractivity contribution is -0.141. The minimum atomic E-state index is -4.63. The van der Waals surface area contributed by atoms with Crippen molar-refractivity contribution >= 4 is 17.7 Å². The van der Waals surface area contributed by atoms with Crippen molar-refractivity contribution in [2.45, 2.75) is 36.8 Å². The fourth-order valence-corrected chi connectivity index (χ4v) is 2.96. The minimum Gasteiger partial charge on any atom is -0.467 e. The zero-order chi connectivity index (χ0) is 18.6. The van der Waals surface area contributed by atoms with Crippen molar-refractivity contribution in [1.29, 1.82) is 5.26 Å². The third-order valence-corrected chi connectivity index (χ3v) is 4.35. The molecule has 25 heavy (non-hydrogen) atoms. The number of rotatable bonds is 5. The third kappa shape index (κ3) is 4.76. The summed E-state index contributed by atoms with van der Waals surface area (Å²) in [6, 6.07) is 6.03. The molecule has 5 nitrogen and oxygen atoms in total. The van der Waals surface area contributed by atoms with Crippen molar-refractivity contribution in [3.05, 3.63) is 47.0 Å². The largest absolute Gasteiger partial charge is 0.467 e. The van der Waals surface area contributed by atoms with E-state index in [1.807, 2.05) is 6.07 Å². The molecule has 0 saturated carbocycles. The summed E-state index contributed by atoms with van der Waals surface area (Å²) >= 11 is 0.808. The molecule has 0 spiro atoms. The molecular formula is C16H14F3N3O2S. The number of carbonyl (C=O) groups is 1. The van der Waals surface area contributed by atoms with Crippen molar-refractivity contribution in [3.8, 4) is 6.07 Å². The number of furan rings is 1. The fourth-order valence-electron chi connectivity index (χ4n) is 1.96. The van der Waals surface area contributed by atoms with E-state index in [1.165, 1.54) is 20.1 Å². The van der Waals surface area contributed by atoms with Gasteiger partial charge in [-0.2, -0.15) is 18.4 Å². The van der Waals surface area contributed by atoms with Crippen LogP contribution in [-0.2, 0) is 17.5 Å². The molecule has 2 aromatic heterocycles. The number of carbonyl (C=O) groups excluding carboxylic acids is 1. The van der Waals surface area contributed by atoms with Gasteiger partial charge in [0, 0.05) is 0 Å². The number of nitriles is 1. The highest BCUT2D eigenvalue weighted by molar-refractivity contribution is 8.00. The summed E-state index contributed by atoms with van der Waals surface area (Å²) in [7, 11) is 0. The molecule has 1 N–H and O–H groups in total. The fraction of sp³-hybridized carbons (Fsp3) is 0.312. The van der Waals surface area contributed by atoms with E-state index in [-0.39, 0.29) is 22.7 Å². The van der Waals surface area contributed by atoms with Crippen LogP contribution in [0.25, 0.3) is 0 Å². The molecule has 0 bridgehead atoms. The summed E-state index contributed by atoms with van der Waals surface area (Å²) in [5, 5.41) is 10.9. The number of thioether (sulfide) groups is 1. The molecule has 1 atom stereocenters. The van der Waals surface area contributed by atoms with E-state index in [0.29, 0.717) is 5.76 Å². The van der Waals surface area contributed by atoms with Crippen LogP contribution in [0.1, 0.15) is 29.5 Å². The normalized spacial score (nSPS) is 12.5. The number of amides is 1. The summed E-state index contributed by atoms with van der Waals surface area (Å²) in [5.74, 6) is 0.151. The second-order valence-electron chi connectivity index (χ2n) is 5.17. The first-order valence-electron chi connectivity index (χ1n) is 7.18. The Morgan fingerprint density at radius 1 is 1.52 bits per heavy atom. The average molecular weight is 369 g/mol. The summed E-state index contributed by atoms with van der Waals surface area (Å²) in [4.78, 5) is 15.6. The maximum Gasteiger partial charge on any atom is 0.433 e. The molecule has 132 valence electrons. The molecule has 0 fully saturated rings. The molecule has 0 unspecified atom stereocenters. The van der Waals surface area contributed by atoms with Crippen LogP contribution in [0, 0.1) is 18.3 Å². The van der Waals surface area contributed by atoms with Gasteiger partial charge in [0.2, 0.25) is 5.91 Å². The van der Waals surface area contributed by atoms with Gasteiger partial charge in [0.05, 0.1) is 23.6 Å². The summed E-state index contributed by atoms with van der Waals surface area (Å²) < 4.78 is 43.8. The van der Waals surface area contributed by atoms with Crippen molar-refractivity contribution in [2.75, 3.05) is 0 Å². The Morgan fingerprint density at radius 2 is 2.24 bits per heavy atom. The van der Waals surface area contributed by atoms with Crippen molar-refractivity contribution < 1.29 is 22.4 Å². The molecule has 1 amide bonds. The monoisotopic (exact) mass is 369 g/mol. The van der Waals surface area contributed by atoms with Gasteiger partial charge in [0.1, 0.15) is 22.5 Å². The molecule has 2 heterocycles. The summed E-state index contributed by atoms with van der Waals surface area (Å²) in [5.41, 5.74) is -0.895. The number of aromatic nitrogens is 1. The predicted octanol–water partition coefficient (Wildman–Crippen LogP) is 3.67. The number of hydrogen-bond donors (Lipinski definition) is 1. The van der Waals surface area contributed by atoms with E-state index in [4.69, 9.17) is 4.42 Å². The second kappa shape index (κ2) is 7.61. The van der Waals surface area contributed by atoms with Crippen LogP contribution in [0.4, 0.5) is 13.2 Å². The Labute approximate surface area is 146 Å². The quantitative estimate of drug-likeness (QED) is 0.814. The van der Waals surface area contributed by atoms with Crippen LogP contribution in [0.2, 0.25) is 0 Å². The highest BCUT2D eigenvalue weighted by Crippen LogP contribution is 2.33. The van der Waals surface area contributed by atoms with Crippen LogP contribution >= 0.6 is 11.8 Å². The average Bonchev–Trinajstić information content (AvgIpc) is 3.04. The van der Waals surface area contributed by atoms with E-state index in [0.717, 1.165) is 17.8 Å². The molecule has 9 heteroatoms. The van der Waals surface area contributed by atoms with Crippen LogP contribution in [0.3, 0.4) is 0 Å². The predicted molar refractivity (Wildman–Crippen MR) is 84.6 cm³/mol. The maximum absolute atomic E-state index is 12.9. The molecule has 0 aliphatic carbocycles. The lowest BCUT2D eigenvalue weighted by Crippen LogP contribution is -2.30. The number of hydrogen-bond acceptors (Lipinski definition) is 5. The Kier molecular flexibility index (Phi) is 5.74. The third-order valence-electron chi connectivity index (χ3n) is 3.26. The highest BCUT2D eigenvalue weighted by atomic mass is 32.2. The molecule has 0 aliphatic heterocycles. The van der Waals surface area contributed by atoms with Gasteiger partial charge >= 0.3 is 6.18 Å². The number of nitrogens with one attached hydrogen (secondary N) is 1. The second-order valence-corrected chi connectivity index (χ2v) is 6.50. The first-order chi connectivity index (χ1) is 11.7. The molecule has 0 saturated heterocycles. The van der Waals surface area contributed by atoms with Crippen LogP contribution in [0.5, 0.6) is 0 Å². The van der Waals surface area contributed by atoms with E-state index >= 15 is 0 Å². The summed E-state index contributed by atoms with van der Waals surface area (Å²) in [6.07, 6.45) is -3.16. The Bertz CT molecular complexity index is 798. The van der Waals surface area contributed by atoms with Crippen LogP contribution in [0.15, 0.2) is 33.9 Å². The van der Waals surface area contributed by atoms with E-state index < -0.39 is 23.0 Å². The number of aryl methyl sites for hydroxylation is 1. The minimum absolute atomic E-state index is 0.0312. The zero-order valence-corrected chi connectivity index (χ0v) is 14.2. The lowest BCUT2D eigenvalue weighted by Gasteiger charge is -2.15. The van der Waals surface area contributed by atoms with Crippen molar-refractivity contribution in [3.63, 3.8) is 0 Å². The smallest absolute Gasteiger partial charge is 0.433 e. The SMILES string of the molecule is Cc1cc(C(F)(F)F)nc(S[C@@H](C)C(=O)NCc2ccco2)c1C#N. The van der Waals surface area contributed by atoms with Crippen molar-refractivity contribution in [2.24, 2.45) is 0 Å². The lowest BCUT2D eigenvalue weighted by atomic mass is 10.1. The number of halogens is 3. The molecular weight excluding hydrogens is 355 g/mol. The van der Waals surface area contributed by atoms with E-state index in [2.05, 4.69) is 10.3 Å². The van der Waals surface area contributed by atoms with E-state index in [1.54, 1.807) is 12.1 Å². The topological polar surface area (TPSA) is 78.9 Å². The molecule has 2 aromatic rings. The Morgan fingerprint density at radius 3 is 2.80 bits per heavy atom. The van der Waals surface area contributed by atoms with E-state index in [9.17, 15) is 23.2 Å². The Balaban J connectivity index is 2.16. The highest BCUT2D eigenvalue weighted by Gasteiger charge is 2.34. The van der Waals surface area contributed by atoms with Crippen molar-refractivity contribution in [1.82, 2.24) is 10.3 Å². The standard InChI is InChI=1S/C16H14F3N3O2S/c1-9-6-13(16(17,18)19)22-15(12(9)7-20)25-10(2)14(23)21-8-11-4-3-5-24-11/h3-6,10H,8H2,1-2H3,(H,21,23)/t10-/m0/s1. The first kappa shape index (κ1) is 18.9. The molecule has 0 aliphatic rings. The number of nitrogens with zero attached hydrogens (tertiary/aromatic N) is 2. The summed E-state index contributed by atoms with van der Waals surface area (Å²) in [6.45, 7) is 3.10. The number of pyridine rings is 1. The first-order valence-corrected chi connectivity index (χ1v) is 8.06. The van der Waals surface area contributed by atoms with Gasteiger partial charge in [-0.15, -0.1) is 0 Å². The molecule has 0 aromatic carbocycles. The van der Waals surface area contributed by atoms with Gasteiger partial charge in [-0.1, -0.05) is 11.8 Å². The van der Waals surface area contributed by atoms with Crippen LogP contribution in [-0.4, -0.2) is 16.1 Å². The van der Waals surface area contributed by atoms with Gasteiger partial charge in [0.15, 0.2) is 0 Å². The van der Waals surface area contributed by atoms with Gasteiger partial charge in [0.25, 0.3) is 0 Å². The van der Waals surface area contributed by atoms with Gasteiger partial charge in [-0.3, -0.25) is 4.79 Å².